The summed E-state index contributed by atoms with van der Waals surface area (Å²) in [5, 5.41) is 15.2. The molecule has 1 amide bonds. The molecule has 1 aliphatic heterocycles. The van der Waals surface area contributed by atoms with Gasteiger partial charge >= 0.3 is 5.97 Å². The maximum Gasteiger partial charge on any atom is 0.329 e. The Balaban J connectivity index is 1.92. The van der Waals surface area contributed by atoms with Crippen LogP contribution in [-0.4, -0.2) is 48.7 Å². The van der Waals surface area contributed by atoms with E-state index in [0.29, 0.717) is 36.5 Å². The van der Waals surface area contributed by atoms with Gasteiger partial charge in [-0.25, -0.2) is 14.5 Å². The van der Waals surface area contributed by atoms with Crippen LogP contribution in [0.15, 0.2) is 6.07 Å². The van der Waals surface area contributed by atoms with Crippen molar-refractivity contribution in [3.05, 3.63) is 23.0 Å². The lowest BCUT2D eigenvalue weighted by Gasteiger charge is -2.31. The average molecular weight is 384 g/mol. The Hall–Kier alpha value is -2.44. The number of hydrogen-bond donors (Lipinski definition) is 1. The molecule has 7 nitrogen and oxygen atoms in total. The molecule has 150 valence electrons. The van der Waals surface area contributed by atoms with Gasteiger partial charge in [-0.15, -0.1) is 0 Å². The number of likely N-dealkylation sites (tertiary alicyclic amines) is 1. The van der Waals surface area contributed by atoms with Gasteiger partial charge in [0.1, 0.15) is 5.54 Å². The number of rotatable bonds is 3. The van der Waals surface area contributed by atoms with Crippen molar-refractivity contribution in [3.8, 4) is 0 Å². The highest BCUT2D eigenvalue weighted by Gasteiger charge is 2.47. The zero-order chi connectivity index (χ0) is 20.4. The second-order valence-corrected chi connectivity index (χ2v) is 9.37. The number of carbonyl (C=O) groups is 2. The molecule has 1 N–H and O–H groups in total. The van der Waals surface area contributed by atoms with E-state index < -0.39 is 11.5 Å². The Labute approximate surface area is 164 Å². The number of carboxylic acids is 1. The lowest BCUT2D eigenvalue weighted by molar-refractivity contribution is -0.147. The number of carbonyl (C=O) groups excluding carboxylic acids is 1. The molecule has 4 rings (SSSR count). The summed E-state index contributed by atoms with van der Waals surface area (Å²) in [6, 6.07) is 1.88. The molecule has 2 fully saturated rings. The van der Waals surface area contributed by atoms with Crippen molar-refractivity contribution in [1.82, 2.24) is 19.7 Å². The Bertz CT molecular complexity index is 984. The van der Waals surface area contributed by atoms with Crippen molar-refractivity contribution >= 4 is 22.9 Å². The number of hydrogen-bond acceptors (Lipinski definition) is 4. The van der Waals surface area contributed by atoms with Gasteiger partial charge < -0.3 is 10.0 Å². The number of aliphatic carboxylic acids is 1. The van der Waals surface area contributed by atoms with Crippen molar-refractivity contribution in [3.63, 3.8) is 0 Å². The van der Waals surface area contributed by atoms with Crippen LogP contribution >= 0.6 is 0 Å². The van der Waals surface area contributed by atoms with Gasteiger partial charge in [-0.05, 0) is 66.4 Å². The number of aryl methyl sites for hydroxylation is 1. The SMILES string of the molecule is Cc1nn(C(C)(C)C)c2nc(C3CC3)cc(C(=O)N3CCCC3(C)C(=O)O)c12. The predicted molar refractivity (Wildman–Crippen MR) is 106 cm³/mol. The second kappa shape index (κ2) is 6.03. The fourth-order valence-corrected chi connectivity index (χ4v) is 4.19. The summed E-state index contributed by atoms with van der Waals surface area (Å²) >= 11 is 0. The lowest BCUT2D eigenvalue weighted by Crippen LogP contribution is -2.50. The van der Waals surface area contributed by atoms with E-state index in [1.807, 2.05) is 17.7 Å². The summed E-state index contributed by atoms with van der Waals surface area (Å²) in [5.41, 5.74) is 1.48. The Morgan fingerprint density at radius 1 is 1.29 bits per heavy atom. The normalized spacial score (nSPS) is 22.8. The van der Waals surface area contributed by atoms with Crippen molar-refractivity contribution in [1.29, 1.82) is 0 Å². The van der Waals surface area contributed by atoms with E-state index in [1.165, 1.54) is 4.90 Å². The Kier molecular flexibility index (Phi) is 4.07. The summed E-state index contributed by atoms with van der Waals surface area (Å²) in [6.07, 6.45) is 3.31. The van der Waals surface area contributed by atoms with E-state index in [4.69, 9.17) is 10.1 Å². The van der Waals surface area contributed by atoms with Crippen molar-refractivity contribution < 1.29 is 14.7 Å². The van der Waals surface area contributed by atoms with Crippen molar-refractivity contribution in [2.75, 3.05) is 6.54 Å². The van der Waals surface area contributed by atoms with Crippen LogP contribution in [0, 0.1) is 6.92 Å². The summed E-state index contributed by atoms with van der Waals surface area (Å²) in [4.78, 5) is 31.9. The number of fused-ring (bicyclic) bond motifs is 1. The van der Waals surface area contributed by atoms with Gasteiger partial charge in [0.2, 0.25) is 0 Å². The molecule has 2 aromatic rings. The number of pyridine rings is 1. The van der Waals surface area contributed by atoms with Crippen LogP contribution in [0.2, 0.25) is 0 Å². The molecule has 0 radical (unpaired) electrons. The molecule has 1 saturated carbocycles. The van der Waals surface area contributed by atoms with Gasteiger partial charge in [-0.1, -0.05) is 0 Å². The monoisotopic (exact) mass is 384 g/mol. The van der Waals surface area contributed by atoms with Crippen LogP contribution in [0.1, 0.15) is 81.0 Å². The fraction of sp³-hybridized carbons (Fsp3) is 0.619. The summed E-state index contributed by atoms with van der Waals surface area (Å²) < 4.78 is 1.89. The third-order valence-corrected chi connectivity index (χ3v) is 6.04. The molecule has 7 heteroatoms. The molecule has 1 saturated heterocycles. The molecule has 0 aromatic carbocycles. The molecule has 2 aliphatic rings. The third-order valence-electron chi connectivity index (χ3n) is 6.04. The first-order valence-corrected chi connectivity index (χ1v) is 10.00. The molecule has 0 bridgehead atoms. The Morgan fingerprint density at radius 2 is 1.96 bits per heavy atom. The highest BCUT2D eigenvalue weighted by atomic mass is 16.4. The van der Waals surface area contributed by atoms with Crippen LogP contribution in [0.3, 0.4) is 0 Å². The first kappa shape index (κ1) is 18.9. The zero-order valence-electron chi connectivity index (χ0n) is 17.2. The van der Waals surface area contributed by atoms with Crippen molar-refractivity contribution in [2.45, 2.75) is 77.3 Å². The highest BCUT2D eigenvalue weighted by molar-refractivity contribution is 6.08. The standard InChI is InChI=1S/C21H28N4O3/c1-12-16-14(18(26)24-10-6-9-21(24,5)19(27)28)11-15(13-7-8-13)22-17(16)25(23-12)20(2,3)4/h11,13H,6-10H2,1-5H3,(H,27,28). The third kappa shape index (κ3) is 2.79. The first-order chi connectivity index (χ1) is 13.0. The lowest BCUT2D eigenvalue weighted by atomic mass is 9.97. The zero-order valence-corrected chi connectivity index (χ0v) is 17.2. The van der Waals surface area contributed by atoms with Gasteiger partial charge in [0.25, 0.3) is 5.91 Å². The Morgan fingerprint density at radius 3 is 2.54 bits per heavy atom. The minimum absolute atomic E-state index is 0.228. The van der Waals surface area contributed by atoms with E-state index in [9.17, 15) is 14.7 Å². The minimum Gasteiger partial charge on any atom is -0.480 e. The average Bonchev–Trinajstić information content (AvgIpc) is 3.30. The smallest absolute Gasteiger partial charge is 0.329 e. The summed E-state index contributed by atoms with van der Waals surface area (Å²) in [6.45, 7) is 10.2. The van der Waals surface area contributed by atoms with E-state index in [-0.39, 0.29) is 11.4 Å². The molecule has 2 aromatic heterocycles. The quantitative estimate of drug-likeness (QED) is 0.876. The van der Waals surface area contributed by atoms with E-state index in [0.717, 1.165) is 29.6 Å². The van der Waals surface area contributed by atoms with E-state index in [1.54, 1.807) is 6.92 Å². The molecule has 3 heterocycles. The number of aromatic nitrogens is 3. The maximum atomic E-state index is 13.6. The topological polar surface area (TPSA) is 88.3 Å². The number of amides is 1. The molecule has 28 heavy (non-hydrogen) atoms. The molecule has 1 atom stereocenters. The second-order valence-electron chi connectivity index (χ2n) is 9.37. The van der Waals surface area contributed by atoms with Gasteiger partial charge in [-0.3, -0.25) is 4.79 Å². The molecular formula is C21H28N4O3. The van der Waals surface area contributed by atoms with Crippen molar-refractivity contribution in [2.24, 2.45) is 0 Å². The van der Waals surface area contributed by atoms with Crippen LogP contribution in [-0.2, 0) is 10.3 Å². The van der Waals surface area contributed by atoms with Crippen LogP contribution < -0.4 is 0 Å². The van der Waals surface area contributed by atoms with Crippen LogP contribution in [0.5, 0.6) is 0 Å². The van der Waals surface area contributed by atoms with E-state index in [2.05, 4.69) is 20.8 Å². The van der Waals surface area contributed by atoms with Crippen LogP contribution in [0.25, 0.3) is 11.0 Å². The number of nitrogens with zero attached hydrogens (tertiary/aromatic N) is 4. The maximum absolute atomic E-state index is 13.6. The molecule has 0 spiro atoms. The number of carboxylic acid groups (broad SMARTS) is 1. The fourth-order valence-electron chi connectivity index (χ4n) is 4.19. The predicted octanol–water partition coefficient (Wildman–Crippen LogP) is 3.45. The van der Waals surface area contributed by atoms with Gasteiger partial charge in [0, 0.05) is 18.2 Å². The molecule has 1 aliphatic carbocycles. The van der Waals surface area contributed by atoms with Gasteiger partial charge in [0.05, 0.1) is 22.2 Å². The summed E-state index contributed by atoms with van der Waals surface area (Å²) in [7, 11) is 0. The van der Waals surface area contributed by atoms with Gasteiger partial charge in [0.15, 0.2) is 5.65 Å². The minimum atomic E-state index is -1.17. The largest absolute Gasteiger partial charge is 0.480 e. The van der Waals surface area contributed by atoms with Crippen LogP contribution in [0.4, 0.5) is 0 Å². The van der Waals surface area contributed by atoms with E-state index >= 15 is 0 Å². The molecule has 1 unspecified atom stereocenters. The first-order valence-electron chi connectivity index (χ1n) is 10.00. The highest BCUT2D eigenvalue weighted by Crippen LogP contribution is 2.41. The summed E-state index contributed by atoms with van der Waals surface area (Å²) in [5.74, 6) is -0.801. The molecular weight excluding hydrogens is 356 g/mol. The van der Waals surface area contributed by atoms with Gasteiger partial charge in [-0.2, -0.15) is 5.10 Å².